The smallest absolute Gasteiger partial charge is 0.124 e. The molecule has 0 spiro atoms. The van der Waals surface area contributed by atoms with Crippen LogP contribution in [-0.4, -0.2) is 38.1 Å². The Hall–Kier alpha value is -4.30. The van der Waals surface area contributed by atoms with Crippen LogP contribution in [0.4, 0.5) is 0 Å². The molecule has 0 amide bonds. The highest BCUT2D eigenvalue weighted by Gasteiger charge is 2.49. The van der Waals surface area contributed by atoms with Crippen LogP contribution in [0.15, 0.2) is 146 Å². The van der Waals surface area contributed by atoms with Gasteiger partial charge in [0, 0.05) is 5.56 Å². The molecule has 1 saturated heterocycles. The zero-order valence-corrected chi connectivity index (χ0v) is 26.7. The van der Waals surface area contributed by atoms with Gasteiger partial charge >= 0.3 is 0 Å². The lowest BCUT2D eigenvalue weighted by molar-refractivity contribution is -0.275. The molecular formula is C41H42O6. The summed E-state index contributed by atoms with van der Waals surface area (Å²) in [5, 5.41) is 0. The molecule has 0 bridgehead atoms. The largest absolute Gasteiger partial charge is 0.496 e. The van der Waals surface area contributed by atoms with E-state index in [0.717, 1.165) is 33.6 Å². The van der Waals surface area contributed by atoms with Crippen LogP contribution in [0.25, 0.3) is 0 Å². The van der Waals surface area contributed by atoms with Crippen LogP contribution in [0, 0.1) is 0 Å². The minimum Gasteiger partial charge on any atom is -0.496 e. The van der Waals surface area contributed by atoms with Gasteiger partial charge in [0.05, 0.1) is 40.1 Å². The highest BCUT2D eigenvalue weighted by molar-refractivity contribution is 5.36. The molecule has 0 unspecified atom stereocenters. The molecule has 6 heteroatoms. The van der Waals surface area contributed by atoms with E-state index in [-0.39, 0.29) is 0 Å². The first-order valence-electron chi connectivity index (χ1n) is 16.1. The molecule has 0 N–H and O–H groups in total. The molecule has 0 aromatic heterocycles. The quantitative estimate of drug-likeness (QED) is 0.117. The molecule has 1 aliphatic heterocycles. The van der Waals surface area contributed by atoms with Gasteiger partial charge in [0.1, 0.15) is 36.3 Å². The fraction of sp³-hybridized carbons (Fsp3) is 0.268. The van der Waals surface area contributed by atoms with Gasteiger partial charge in [-0.15, -0.1) is 0 Å². The summed E-state index contributed by atoms with van der Waals surface area (Å²) in [5.74, 6) is 0.722. The third kappa shape index (κ3) is 8.95. The van der Waals surface area contributed by atoms with Crippen molar-refractivity contribution in [1.82, 2.24) is 0 Å². The second kappa shape index (κ2) is 17.0. The Morgan fingerprint density at radius 2 is 0.894 bits per heavy atom. The van der Waals surface area contributed by atoms with E-state index in [2.05, 4.69) is 48.5 Å². The SMILES string of the molecule is COc1ccccc1[C@@H]1O[C@H](COCc2ccccc2)[C@@H](OCc2ccccc2)[C@H](OCc2ccccc2)[C@H]1OCc1ccccc1. The van der Waals surface area contributed by atoms with E-state index < -0.39 is 30.5 Å². The van der Waals surface area contributed by atoms with Crippen molar-refractivity contribution in [1.29, 1.82) is 0 Å². The van der Waals surface area contributed by atoms with Crippen LogP contribution < -0.4 is 4.74 Å². The summed E-state index contributed by atoms with van der Waals surface area (Å²) in [6.45, 7) is 1.91. The van der Waals surface area contributed by atoms with E-state index >= 15 is 0 Å². The van der Waals surface area contributed by atoms with Crippen molar-refractivity contribution in [3.05, 3.63) is 173 Å². The summed E-state index contributed by atoms with van der Waals surface area (Å²) in [6.07, 6.45) is -2.51. The van der Waals surface area contributed by atoms with Gasteiger partial charge < -0.3 is 28.4 Å². The second-order valence-electron chi connectivity index (χ2n) is 11.6. The number of ether oxygens (including phenoxy) is 6. The summed E-state index contributed by atoms with van der Waals surface area (Å²) in [5.41, 5.74) is 5.16. The highest BCUT2D eigenvalue weighted by atomic mass is 16.6. The molecule has 0 radical (unpaired) electrons. The van der Waals surface area contributed by atoms with Crippen molar-refractivity contribution in [2.75, 3.05) is 13.7 Å². The Balaban J connectivity index is 1.36. The zero-order valence-electron chi connectivity index (χ0n) is 26.7. The van der Waals surface area contributed by atoms with Crippen molar-refractivity contribution in [2.24, 2.45) is 0 Å². The lowest BCUT2D eigenvalue weighted by Gasteiger charge is -2.46. The predicted molar refractivity (Wildman–Crippen MR) is 182 cm³/mol. The molecule has 242 valence electrons. The molecule has 6 rings (SSSR count). The molecule has 47 heavy (non-hydrogen) atoms. The van der Waals surface area contributed by atoms with Gasteiger partial charge in [-0.3, -0.25) is 0 Å². The number of hydrogen-bond acceptors (Lipinski definition) is 6. The highest BCUT2D eigenvalue weighted by Crippen LogP contribution is 2.41. The van der Waals surface area contributed by atoms with Gasteiger partial charge in [0.2, 0.25) is 0 Å². The Morgan fingerprint density at radius 3 is 1.40 bits per heavy atom. The Labute approximate surface area is 277 Å². The molecule has 1 fully saturated rings. The van der Waals surface area contributed by atoms with Gasteiger partial charge in [-0.05, 0) is 28.3 Å². The second-order valence-corrected chi connectivity index (χ2v) is 11.6. The topological polar surface area (TPSA) is 55.4 Å². The molecule has 0 aliphatic carbocycles. The summed E-state index contributed by atoms with van der Waals surface area (Å²) in [7, 11) is 1.68. The van der Waals surface area contributed by atoms with E-state index in [4.69, 9.17) is 28.4 Å². The Bertz CT molecular complexity index is 1600. The zero-order chi connectivity index (χ0) is 32.1. The van der Waals surface area contributed by atoms with Crippen molar-refractivity contribution >= 4 is 0 Å². The molecule has 5 atom stereocenters. The molecule has 5 aromatic rings. The van der Waals surface area contributed by atoms with Crippen LogP contribution in [0.1, 0.15) is 33.9 Å². The maximum Gasteiger partial charge on any atom is 0.124 e. The van der Waals surface area contributed by atoms with Crippen molar-refractivity contribution < 1.29 is 28.4 Å². The molecular weight excluding hydrogens is 588 g/mol. The average molecular weight is 631 g/mol. The number of benzene rings is 5. The monoisotopic (exact) mass is 630 g/mol. The third-order valence-electron chi connectivity index (χ3n) is 8.33. The van der Waals surface area contributed by atoms with E-state index in [0.29, 0.717) is 33.0 Å². The summed E-state index contributed by atoms with van der Waals surface area (Å²) >= 11 is 0. The minimum absolute atomic E-state index is 0.302. The van der Waals surface area contributed by atoms with Gasteiger partial charge in [-0.1, -0.05) is 140 Å². The van der Waals surface area contributed by atoms with E-state index in [1.54, 1.807) is 7.11 Å². The molecule has 5 aromatic carbocycles. The van der Waals surface area contributed by atoms with Crippen molar-refractivity contribution in [2.45, 2.75) is 56.9 Å². The molecule has 1 aliphatic rings. The summed E-state index contributed by atoms with van der Waals surface area (Å²) in [4.78, 5) is 0. The fourth-order valence-corrected chi connectivity index (χ4v) is 5.94. The standard InChI is InChI=1S/C41H42O6/c1-42-36-25-15-14-24-35(36)38-40(45-28-33-20-10-4-11-21-33)41(46-29-34-22-12-5-13-23-34)39(44-27-32-18-8-3-9-19-32)37(47-38)30-43-26-31-16-6-2-7-17-31/h2-25,37-41H,26-30H2,1H3/t37-,38+,39-,40+,41+/m1/s1. The van der Waals surface area contributed by atoms with Gasteiger partial charge in [0.15, 0.2) is 0 Å². The van der Waals surface area contributed by atoms with Crippen LogP contribution in [0.3, 0.4) is 0 Å². The van der Waals surface area contributed by atoms with E-state index in [1.807, 2.05) is 97.1 Å². The first-order chi connectivity index (χ1) is 23.3. The first kappa shape index (κ1) is 32.6. The van der Waals surface area contributed by atoms with Crippen LogP contribution in [0.2, 0.25) is 0 Å². The minimum atomic E-state index is -0.527. The first-order valence-corrected chi connectivity index (χ1v) is 16.1. The molecule has 1 heterocycles. The van der Waals surface area contributed by atoms with Gasteiger partial charge in [0.25, 0.3) is 0 Å². The van der Waals surface area contributed by atoms with Crippen LogP contribution in [-0.2, 0) is 50.1 Å². The Kier molecular flexibility index (Phi) is 11.8. The average Bonchev–Trinajstić information content (AvgIpc) is 3.14. The predicted octanol–water partition coefficient (Wildman–Crippen LogP) is 8.11. The van der Waals surface area contributed by atoms with Gasteiger partial charge in [-0.25, -0.2) is 0 Å². The maximum atomic E-state index is 7.00. The lowest BCUT2D eigenvalue weighted by Crippen LogP contribution is -2.58. The number of methoxy groups -OCH3 is 1. The normalized spacial score (nSPS) is 20.9. The summed E-state index contributed by atoms with van der Waals surface area (Å²) in [6, 6.07) is 48.6. The van der Waals surface area contributed by atoms with Crippen LogP contribution in [0.5, 0.6) is 5.75 Å². The summed E-state index contributed by atoms with van der Waals surface area (Å²) < 4.78 is 39.6. The van der Waals surface area contributed by atoms with Crippen molar-refractivity contribution in [3.8, 4) is 5.75 Å². The molecule has 0 saturated carbocycles. The fourth-order valence-electron chi connectivity index (χ4n) is 5.94. The number of hydrogen-bond donors (Lipinski definition) is 0. The van der Waals surface area contributed by atoms with E-state index in [9.17, 15) is 0 Å². The van der Waals surface area contributed by atoms with Crippen molar-refractivity contribution in [3.63, 3.8) is 0 Å². The Morgan fingerprint density at radius 1 is 0.468 bits per heavy atom. The number of para-hydroxylation sites is 1. The lowest BCUT2D eigenvalue weighted by atomic mass is 9.90. The molecule has 6 nitrogen and oxygen atoms in total. The van der Waals surface area contributed by atoms with E-state index in [1.165, 1.54) is 0 Å². The maximum absolute atomic E-state index is 7.00. The number of rotatable bonds is 15. The van der Waals surface area contributed by atoms with Gasteiger partial charge in [-0.2, -0.15) is 0 Å². The van der Waals surface area contributed by atoms with Crippen LogP contribution >= 0.6 is 0 Å². The third-order valence-corrected chi connectivity index (χ3v) is 8.33.